The third-order valence-electron chi connectivity index (χ3n) is 5.46. The van der Waals surface area contributed by atoms with Gasteiger partial charge in [-0.05, 0) is 53.6 Å². The van der Waals surface area contributed by atoms with Gasteiger partial charge in [0.2, 0.25) is 0 Å². The molecule has 0 aliphatic carbocycles. The molecule has 0 atom stereocenters. The highest BCUT2D eigenvalue weighted by Gasteiger charge is 2.29. The van der Waals surface area contributed by atoms with Crippen LogP contribution in [0.3, 0.4) is 0 Å². The van der Waals surface area contributed by atoms with Gasteiger partial charge < -0.3 is 9.32 Å². The number of hydrogen-bond acceptors (Lipinski definition) is 2. The molecule has 4 aromatic rings. The van der Waals surface area contributed by atoms with E-state index in [-0.39, 0.29) is 5.91 Å². The predicted molar refractivity (Wildman–Crippen MR) is 134 cm³/mol. The van der Waals surface area contributed by atoms with Gasteiger partial charge in [0.1, 0.15) is 11.5 Å². The van der Waals surface area contributed by atoms with Gasteiger partial charge in [0.15, 0.2) is 0 Å². The van der Waals surface area contributed by atoms with Gasteiger partial charge in [0, 0.05) is 11.1 Å². The van der Waals surface area contributed by atoms with Crippen molar-refractivity contribution in [3.8, 4) is 11.3 Å². The number of benzene rings is 3. The van der Waals surface area contributed by atoms with Gasteiger partial charge in [-0.2, -0.15) is 0 Å². The fourth-order valence-corrected chi connectivity index (χ4v) is 4.11. The second-order valence-electron chi connectivity index (χ2n) is 7.70. The predicted octanol–water partition coefficient (Wildman–Crippen LogP) is 7.72. The van der Waals surface area contributed by atoms with Crippen LogP contribution in [0.25, 0.3) is 23.1 Å². The largest absolute Gasteiger partial charge is 0.457 e. The molecule has 1 aliphatic rings. The number of hydrogen-bond donors (Lipinski definition) is 0. The van der Waals surface area contributed by atoms with Crippen LogP contribution in [0.5, 0.6) is 0 Å². The van der Waals surface area contributed by atoms with Crippen molar-refractivity contribution in [2.45, 2.75) is 6.54 Å². The van der Waals surface area contributed by atoms with E-state index in [9.17, 15) is 4.79 Å². The van der Waals surface area contributed by atoms with Crippen LogP contribution in [0.2, 0.25) is 10.0 Å². The minimum atomic E-state index is -0.0646. The molecule has 3 nitrogen and oxygen atoms in total. The maximum Gasteiger partial charge on any atom is 0.258 e. The van der Waals surface area contributed by atoms with Crippen molar-refractivity contribution in [3.05, 3.63) is 130 Å². The van der Waals surface area contributed by atoms with E-state index in [0.29, 0.717) is 33.7 Å². The lowest BCUT2D eigenvalue weighted by molar-refractivity contribution is -0.123. The van der Waals surface area contributed by atoms with Gasteiger partial charge in [-0.3, -0.25) is 4.79 Å². The van der Waals surface area contributed by atoms with Crippen LogP contribution >= 0.6 is 23.2 Å². The number of halogens is 2. The summed E-state index contributed by atoms with van der Waals surface area (Å²) in [5.74, 6) is 1.18. The Bertz CT molecular complexity index is 1370. The first-order valence-corrected chi connectivity index (χ1v) is 11.2. The minimum absolute atomic E-state index is 0.0646. The van der Waals surface area contributed by atoms with Gasteiger partial charge in [0.25, 0.3) is 5.91 Å². The van der Waals surface area contributed by atoms with Crippen LogP contribution in [0.1, 0.15) is 16.9 Å². The van der Waals surface area contributed by atoms with Crippen LogP contribution in [-0.2, 0) is 11.3 Å². The molecule has 0 spiro atoms. The molecule has 0 fully saturated rings. The van der Waals surface area contributed by atoms with E-state index in [1.807, 2.05) is 84.9 Å². The fraction of sp³-hybridized carbons (Fsp3) is 0.0357. The van der Waals surface area contributed by atoms with E-state index in [1.54, 1.807) is 23.1 Å². The van der Waals surface area contributed by atoms with Crippen molar-refractivity contribution in [3.63, 3.8) is 0 Å². The summed E-state index contributed by atoms with van der Waals surface area (Å²) in [5, 5.41) is 0.950. The summed E-state index contributed by atoms with van der Waals surface area (Å²) < 4.78 is 5.99. The van der Waals surface area contributed by atoms with Gasteiger partial charge in [-0.1, -0.05) is 83.9 Å². The van der Waals surface area contributed by atoms with Gasteiger partial charge in [-0.25, -0.2) is 0 Å². The average Bonchev–Trinajstić information content (AvgIpc) is 3.43. The molecule has 5 rings (SSSR count). The summed E-state index contributed by atoms with van der Waals surface area (Å²) in [4.78, 5) is 15.2. The highest BCUT2D eigenvalue weighted by Crippen LogP contribution is 2.34. The molecule has 0 unspecified atom stereocenters. The average molecular weight is 472 g/mol. The Morgan fingerprint density at radius 3 is 2.24 bits per heavy atom. The molecule has 5 heteroatoms. The molecule has 1 aromatic heterocycles. The van der Waals surface area contributed by atoms with Crippen molar-refractivity contribution in [2.75, 3.05) is 0 Å². The summed E-state index contributed by atoms with van der Waals surface area (Å²) in [6.07, 6.45) is 3.69. The van der Waals surface area contributed by atoms with Gasteiger partial charge in [-0.15, -0.1) is 0 Å². The van der Waals surface area contributed by atoms with Crippen molar-refractivity contribution in [2.24, 2.45) is 0 Å². The van der Waals surface area contributed by atoms with Gasteiger partial charge in [0.05, 0.1) is 22.3 Å². The van der Waals surface area contributed by atoms with Crippen LogP contribution in [0.15, 0.2) is 107 Å². The normalized spacial score (nSPS) is 14.7. The third-order valence-corrected chi connectivity index (χ3v) is 6.20. The molecule has 0 N–H and O–H groups in total. The zero-order valence-electron chi connectivity index (χ0n) is 17.5. The molecular weight excluding hydrogens is 453 g/mol. The third kappa shape index (κ3) is 4.51. The highest BCUT2D eigenvalue weighted by molar-refractivity contribution is 6.42. The number of amides is 1. The Kier molecular flexibility index (Phi) is 5.91. The number of rotatable bonds is 5. The molecule has 162 valence electrons. The first kappa shape index (κ1) is 21.3. The molecule has 0 saturated carbocycles. The molecule has 1 amide bonds. The first-order chi connectivity index (χ1) is 16.1. The summed E-state index contributed by atoms with van der Waals surface area (Å²) in [5.41, 5.74) is 4.31. The number of carbonyl (C=O) groups is 1. The summed E-state index contributed by atoms with van der Waals surface area (Å²) in [7, 11) is 0. The van der Waals surface area contributed by atoms with Crippen molar-refractivity contribution >= 4 is 40.9 Å². The van der Waals surface area contributed by atoms with Crippen molar-refractivity contribution in [1.82, 2.24) is 4.90 Å². The van der Waals surface area contributed by atoms with Crippen LogP contribution in [-0.4, -0.2) is 10.8 Å². The van der Waals surface area contributed by atoms with Crippen LogP contribution in [0.4, 0.5) is 0 Å². The maximum absolute atomic E-state index is 13.4. The standard InChI is InChI=1S/C28H19Cl2NO2/c29-24-13-11-21(16-25(24)30)27-14-12-23(33-27)15-22-17-26(20-9-5-2-6-10-20)31(28(22)32)18-19-7-3-1-4-8-19/h1-17H,18H2/b22-15-. The SMILES string of the molecule is O=C1/C(=C\c2ccc(-c3ccc(Cl)c(Cl)c3)o2)C=C(c2ccccc2)N1Cc1ccccc1. The molecule has 0 bridgehead atoms. The van der Waals surface area contributed by atoms with E-state index in [4.69, 9.17) is 27.6 Å². The highest BCUT2D eigenvalue weighted by atomic mass is 35.5. The quantitative estimate of drug-likeness (QED) is 0.279. The molecule has 0 radical (unpaired) electrons. The van der Waals surface area contributed by atoms with E-state index in [1.165, 1.54) is 0 Å². The monoisotopic (exact) mass is 471 g/mol. The second kappa shape index (κ2) is 9.14. The summed E-state index contributed by atoms with van der Waals surface area (Å²) in [6.45, 7) is 0.490. The molecule has 33 heavy (non-hydrogen) atoms. The fourth-order valence-electron chi connectivity index (χ4n) is 3.81. The van der Waals surface area contributed by atoms with E-state index >= 15 is 0 Å². The molecular formula is C28H19Cl2NO2. The Hall–Kier alpha value is -3.53. The maximum atomic E-state index is 13.4. The lowest BCUT2D eigenvalue weighted by Crippen LogP contribution is -2.25. The zero-order chi connectivity index (χ0) is 22.8. The Labute approximate surface area is 202 Å². The first-order valence-electron chi connectivity index (χ1n) is 10.5. The van der Waals surface area contributed by atoms with E-state index in [2.05, 4.69) is 0 Å². The van der Waals surface area contributed by atoms with Crippen molar-refractivity contribution < 1.29 is 9.21 Å². The van der Waals surface area contributed by atoms with Gasteiger partial charge >= 0.3 is 0 Å². The Morgan fingerprint density at radius 2 is 1.52 bits per heavy atom. The summed E-state index contributed by atoms with van der Waals surface area (Å²) in [6, 6.07) is 28.9. The second-order valence-corrected chi connectivity index (χ2v) is 8.52. The van der Waals surface area contributed by atoms with Crippen molar-refractivity contribution in [1.29, 1.82) is 0 Å². The molecule has 2 heterocycles. The lowest BCUT2D eigenvalue weighted by atomic mass is 10.1. The molecule has 1 aliphatic heterocycles. The lowest BCUT2D eigenvalue weighted by Gasteiger charge is -2.20. The van der Waals surface area contributed by atoms with E-state index < -0.39 is 0 Å². The zero-order valence-corrected chi connectivity index (χ0v) is 19.1. The van der Waals surface area contributed by atoms with Crippen LogP contribution < -0.4 is 0 Å². The Morgan fingerprint density at radius 1 is 0.788 bits per heavy atom. The number of carbonyl (C=O) groups excluding carboxylic acids is 1. The molecule has 3 aromatic carbocycles. The number of furan rings is 1. The number of nitrogens with zero attached hydrogens (tertiary/aromatic N) is 1. The Balaban J connectivity index is 1.48. The minimum Gasteiger partial charge on any atom is -0.457 e. The van der Waals surface area contributed by atoms with E-state index in [0.717, 1.165) is 22.4 Å². The van der Waals surface area contributed by atoms with Crippen LogP contribution in [0, 0.1) is 0 Å². The smallest absolute Gasteiger partial charge is 0.258 e. The molecule has 0 saturated heterocycles. The summed E-state index contributed by atoms with van der Waals surface area (Å²) >= 11 is 12.2. The topological polar surface area (TPSA) is 33.5 Å².